The zero-order valence-electron chi connectivity index (χ0n) is 21.7. The maximum Gasteiger partial charge on any atom is 0.389 e. The zero-order chi connectivity index (χ0) is 26.1. The fourth-order valence-corrected chi connectivity index (χ4v) is 7.34. The first kappa shape index (κ1) is 24.4. The smallest absolute Gasteiger partial charge is 0.332 e. The number of hydrogen-bond acceptors (Lipinski definition) is 3. The first-order chi connectivity index (χ1) is 18.3. The quantitative estimate of drug-likeness (QED) is 0.389. The molecule has 0 radical (unpaired) electrons. The highest BCUT2D eigenvalue weighted by Crippen LogP contribution is 2.50. The Balaban J connectivity index is 1.26. The van der Waals surface area contributed by atoms with Gasteiger partial charge >= 0.3 is 6.18 Å². The topological polar surface area (TPSA) is 38.1 Å². The van der Waals surface area contributed by atoms with E-state index in [1.165, 1.54) is 23.8 Å². The summed E-state index contributed by atoms with van der Waals surface area (Å²) in [7, 11) is 0. The van der Waals surface area contributed by atoms with E-state index in [4.69, 9.17) is 4.98 Å². The minimum Gasteiger partial charge on any atom is -0.332 e. The van der Waals surface area contributed by atoms with E-state index in [1.54, 1.807) is 0 Å². The molecule has 0 amide bonds. The van der Waals surface area contributed by atoms with Crippen molar-refractivity contribution in [2.75, 3.05) is 13.1 Å². The Kier molecular flexibility index (Phi) is 5.73. The van der Waals surface area contributed by atoms with Crippen LogP contribution in [0.15, 0.2) is 36.4 Å². The van der Waals surface area contributed by atoms with Gasteiger partial charge in [0, 0.05) is 44.2 Å². The molecule has 1 atom stereocenters. The molecule has 2 fully saturated rings. The van der Waals surface area contributed by atoms with Crippen molar-refractivity contribution < 1.29 is 18.0 Å². The maximum atomic E-state index is 14.3. The summed E-state index contributed by atoms with van der Waals surface area (Å²) < 4.78 is 41.0. The number of fused-ring (bicyclic) bond motifs is 3. The maximum absolute atomic E-state index is 14.3. The average Bonchev–Trinajstić information content (AvgIpc) is 3.65. The first-order valence-corrected chi connectivity index (χ1v) is 14.2. The van der Waals surface area contributed by atoms with Crippen molar-refractivity contribution in [3.63, 3.8) is 0 Å². The molecule has 200 valence electrons. The van der Waals surface area contributed by atoms with Crippen LogP contribution in [0.1, 0.15) is 72.8 Å². The summed E-state index contributed by atoms with van der Waals surface area (Å²) in [4.78, 5) is 21.8. The molecule has 1 spiro atoms. The molecule has 3 aromatic rings. The van der Waals surface area contributed by atoms with Crippen molar-refractivity contribution >= 4 is 16.6 Å². The predicted molar refractivity (Wildman–Crippen MR) is 140 cm³/mol. The number of alkyl halides is 3. The molecule has 7 rings (SSSR count). The Bertz CT molecular complexity index is 1400. The number of rotatable bonds is 6. The molecule has 7 heteroatoms. The van der Waals surface area contributed by atoms with E-state index in [-0.39, 0.29) is 17.8 Å². The third-order valence-corrected chi connectivity index (χ3v) is 9.37. The number of carbonyl (C=O) groups excluding carboxylic acids is 1. The molecule has 1 unspecified atom stereocenters. The number of imidazole rings is 1. The highest BCUT2D eigenvalue weighted by atomic mass is 19.4. The van der Waals surface area contributed by atoms with E-state index in [9.17, 15) is 18.0 Å². The van der Waals surface area contributed by atoms with Crippen LogP contribution in [0, 0.1) is 5.41 Å². The van der Waals surface area contributed by atoms with Crippen LogP contribution in [0.25, 0.3) is 10.8 Å². The van der Waals surface area contributed by atoms with Crippen molar-refractivity contribution in [2.24, 2.45) is 5.41 Å². The van der Waals surface area contributed by atoms with Gasteiger partial charge in [0.25, 0.3) is 0 Å². The minimum absolute atomic E-state index is 0.0411. The molecule has 4 nitrogen and oxygen atoms in total. The number of hydrogen-bond donors (Lipinski definition) is 0. The minimum atomic E-state index is -4.16. The number of benzene rings is 2. The van der Waals surface area contributed by atoms with Crippen LogP contribution in [-0.2, 0) is 37.0 Å². The largest absolute Gasteiger partial charge is 0.389 e. The number of nitrogens with zero attached hydrogens (tertiary/aromatic N) is 3. The molecule has 2 aromatic carbocycles. The average molecular weight is 522 g/mol. The highest BCUT2D eigenvalue weighted by Gasteiger charge is 2.56. The summed E-state index contributed by atoms with van der Waals surface area (Å²) in [6, 6.07) is 13.4. The molecule has 1 aliphatic heterocycles. The van der Waals surface area contributed by atoms with Crippen molar-refractivity contribution in [3.05, 3.63) is 64.7 Å². The number of aromatic nitrogens is 2. The number of Topliss-reactive ketones (excluding diaryl/α,β-unsaturated/α-hetero) is 1. The fourth-order valence-electron chi connectivity index (χ4n) is 7.34. The Morgan fingerprint density at radius 1 is 1.03 bits per heavy atom. The van der Waals surface area contributed by atoms with Crippen LogP contribution < -0.4 is 0 Å². The van der Waals surface area contributed by atoms with Crippen molar-refractivity contribution in [3.8, 4) is 0 Å². The van der Waals surface area contributed by atoms with Crippen LogP contribution in [0.4, 0.5) is 13.2 Å². The Hall–Kier alpha value is -2.67. The van der Waals surface area contributed by atoms with E-state index in [1.807, 2.05) is 10.6 Å². The molecule has 2 heterocycles. The zero-order valence-corrected chi connectivity index (χ0v) is 21.7. The summed E-state index contributed by atoms with van der Waals surface area (Å²) in [5.74, 6) is 0.793. The molecule has 1 saturated carbocycles. The molecule has 1 saturated heterocycles. The molecule has 4 aliphatic rings. The van der Waals surface area contributed by atoms with Gasteiger partial charge in [0.1, 0.15) is 11.6 Å². The van der Waals surface area contributed by atoms with Crippen LogP contribution in [0.5, 0.6) is 0 Å². The molecular weight excluding hydrogens is 487 g/mol. The van der Waals surface area contributed by atoms with E-state index >= 15 is 0 Å². The Labute approximate surface area is 221 Å². The molecule has 0 N–H and O–H groups in total. The summed E-state index contributed by atoms with van der Waals surface area (Å²) in [5.41, 5.74) is 4.11. The normalized spacial score (nSPS) is 22.9. The number of halogens is 3. The van der Waals surface area contributed by atoms with E-state index in [2.05, 4.69) is 35.2 Å². The second-order valence-electron chi connectivity index (χ2n) is 12.1. The van der Waals surface area contributed by atoms with Crippen molar-refractivity contribution in [2.45, 2.75) is 88.9 Å². The first-order valence-electron chi connectivity index (χ1n) is 14.2. The van der Waals surface area contributed by atoms with E-state index in [0.717, 1.165) is 73.4 Å². The van der Waals surface area contributed by atoms with Crippen LogP contribution in [-0.4, -0.2) is 45.5 Å². The predicted octanol–water partition coefficient (Wildman–Crippen LogP) is 6.17. The lowest BCUT2D eigenvalue weighted by Gasteiger charge is -2.53. The second kappa shape index (κ2) is 8.94. The SMILES string of the molecule is O=C1C(Cc2nc3c(n2CCCC(F)(F)F)CCCC3)c2cc3ccccc3cc2CC12CN(C1CC1)C2. The molecule has 0 bridgehead atoms. The van der Waals surface area contributed by atoms with E-state index < -0.39 is 12.6 Å². The van der Waals surface area contributed by atoms with Gasteiger partial charge < -0.3 is 4.57 Å². The monoisotopic (exact) mass is 521 g/mol. The fraction of sp³-hybridized carbons (Fsp3) is 0.548. The Morgan fingerprint density at radius 3 is 2.50 bits per heavy atom. The van der Waals surface area contributed by atoms with Crippen molar-refractivity contribution in [1.29, 1.82) is 0 Å². The number of ketones is 1. The van der Waals surface area contributed by atoms with Gasteiger partial charge in [0.2, 0.25) is 0 Å². The van der Waals surface area contributed by atoms with Crippen LogP contribution in [0.2, 0.25) is 0 Å². The lowest BCUT2D eigenvalue weighted by Crippen LogP contribution is -2.64. The van der Waals surface area contributed by atoms with Gasteiger partial charge in [0.15, 0.2) is 0 Å². The van der Waals surface area contributed by atoms with Gasteiger partial charge in [-0.15, -0.1) is 0 Å². The van der Waals surface area contributed by atoms with E-state index in [0.29, 0.717) is 24.8 Å². The number of carbonyl (C=O) groups is 1. The lowest BCUT2D eigenvalue weighted by atomic mass is 9.61. The number of aryl methyl sites for hydroxylation is 1. The summed E-state index contributed by atoms with van der Waals surface area (Å²) in [6.07, 6.45) is 2.61. The third kappa shape index (κ3) is 4.27. The van der Waals surface area contributed by atoms with Gasteiger partial charge in [-0.2, -0.15) is 13.2 Å². The van der Waals surface area contributed by atoms with Gasteiger partial charge in [-0.05, 0) is 73.3 Å². The highest BCUT2D eigenvalue weighted by molar-refractivity contribution is 5.97. The second-order valence-corrected chi connectivity index (χ2v) is 12.1. The molecular formula is C31H34F3N3O. The standard InChI is InChI=1S/C31H34F3N3O/c32-31(33,34)12-5-13-37-27-9-4-3-8-26(27)35-28(37)16-25-24-15-21-7-2-1-6-20(21)14-22(24)17-30(29(25)38)18-36(19-30)23-10-11-23/h1-2,6-7,14-15,23,25H,3-5,8-13,16-19H2. The molecule has 38 heavy (non-hydrogen) atoms. The van der Waals surface area contributed by atoms with Gasteiger partial charge in [-0.3, -0.25) is 9.69 Å². The summed E-state index contributed by atoms with van der Waals surface area (Å²) in [5, 5.41) is 2.32. The van der Waals surface area contributed by atoms with Crippen molar-refractivity contribution in [1.82, 2.24) is 14.5 Å². The lowest BCUT2D eigenvalue weighted by molar-refractivity contribution is -0.143. The van der Waals surface area contributed by atoms with Gasteiger partial charge in [0.05, 0.1) is 17.0 Å². The van der Waals surface area contributed by atoms with Gasteiger partial charge in [-0.1, -0.05) is 36.4 Å². The summed E-state index contributed by atoms with van der Waals surface area (Å²) >= 11 is 0. The molecule has 3 aliphatic carbocycles. The number of likely N-dealkylation sites (tertiary alicyclic amines) is 1. The summed E-state index contributed by atoms with van der Waals surface area (Å²) in [6.45, 7) is 1.97. The Morgan fingerprint density at radius 2 is 1.76 bits per heavy atom. The molecule has 1 aromatic heterocycles. The third-order valence-electron chi connectivity index (χ3n) is 9.37. The van der Waals surface area contributed by atoms with Crippen LogP contribution in [0.3, 0.4) is 0 Å². The van der Waals surface area contributed by atoms with Gasteiger partial charge in [-0.25, -0.2) is 4.98 Å². The van der Waals surface area contributed by atoms with Crippen LogP contribution >= 0.6 is 0 Å².